The van der Waals surface area contributed by atoms with Crippen LogP contribution < -0.4 is 0 Å². The first kappa shape index (κ1) is 21.0. The predicted octanol–water partition coefficient (Wildman–Crippen LogP) is 5.58. The van der Waals surface area contributed by atoms with Gasteiger partial charge in [-0.15, -0.1) is 0 Å². The van der Waals surface area contributed by atoms with Crippen LogP contribution in [0.25, 0.3) is 0 Å². The Balaban J connectivity index is -0.000000180. The molecular formula is C14H30Zn. The van der Waals surface area contributed by atoms with E-state index in [9.17, 15) is 0 Å². The average Bonchev–Trinajstić information content (AvgIpc) is 2.21. The third kappa shape index (κ3) is 31.3. The standard InChI is InChI=1S/2C7H15.Zn/c2*1-3-5-7-6-4-2;/h2*1,3-7H2,2H3;/q2*-1;+2. The maximum absolute atomic E-state index is 3.76. The zero-order valence-electron chi connectivity index (χ0n) is 11.2. The number of hydrogen-bond acceptors (Lipinski definition) is 0. The van der Waals surface area contributed by atoms with Gasteiger partial charge in [0.25, 0.3) is 0 Å². The third-order valence-corrected chi connectivity index (χ3v) is 2.21. The van der Waals surface area contributed by atoms with Crippen molar-refractivity contribution in [1.82, 2.24) is 0 Å². The topological polar surface area (TPSA) is 0 Å². The summed E-state index contributed by atoms with van der Waals surface area (Å²) >= 11 is 0. The fourth-order valence-corrected chi connectivity index (χ4v) is 1.21. The van der Waals surface area contributed by atoms with Gasteiger partial charge in [0.1, 0.15) is 0 Å². The zero-order valence-corrected chi connectivity index (χ0v) is 14.2. The largest absolute Gasteiger partial charge is 2.00 e. The van der Waals surface area contributed by atoms with Crippen LogP contribution in [0.1, 0.15) is 78.1 Å². The molecule has 0 spiro atoms. The van der Waals surface area contributed by atoms with E-state index in [2.05, 4.69) is 27.7 Å². The molecule has 0 aromatic carbocycles. The molecule has 0 bridgehead atoms. The second-order valence-electron chi connectivity index (χ2n) is 3.83. The molecule has 0 rings (SSSR count). The van der Waals surface area contributed by atoms with Crippen LogP contribution in [0.4, 0.5) is 0 Å². The smallest absolute Gasteiger partial charge is 0.343 e. The Morgan fingerprint density at radius 2 is 0.933 bits per heavy atom. The monoisotopic (exact) mass is 262 g/mol. The molecule has 1 heteroatoms. The van der Waals surface area contributed by atoms with E-state index in [1.165, 1.54) is 51.4 Å². The summed E-state index contributed by atoms with van der Waals surface area (Å²) in [4.78, 5) is 0. The Morgan fingerprint density at radius 3 is 1.13 bits per heavy atom. The normalized spacial score (nSPS) is 8.80. The van der Waals surface area contributed by atoms with E-state index in [-0.39, 0.29) is 19.5 Å². The van der Waals surface area contributed by atoms with Gasteiger partial charge in [0.15, 0.2) is 0 Å². The molecule has 0 radical (unpaired) electrons. The van der Waals surface area contributed by atoms with Crippen LogP contribution in [0.5, 0.6) is 0 Å². The van der Waals surface area contributed by atoms with Gasteiger partial charge in [0.05, 0.1) is 0 Å². The Hall–Kier alpha value is 0.623. The quantitative estimate of drug-likeness (QED) is 0.305. The fraction of sp³-hybridized carbons (Fsp3) is 0.857. The van der Waals surface area contributed by atoms with E-state index in [4.69, 9.17) is 0 Å². The van der Waals surface area contributed by atoms with E-state index in [1.807, 2.05) is 0 Å². The first-order valence-electron chi connectivity index (χ1n) is 6.41. The molecule has 0 aliphatic carbocycles. The molecule has 0 heterocycles. The molecule has 0 saturated heterocycles. The van der Waals surface area contributed by atoms with Gasteiger partial charge in [0.2, 0.25) is 0 Å². The summed E-state index contributed by atoms with van der Waals surface area (Å²) in [6, 6.07) is 0. The molecule has 0 aliphatic heterocycles. The van der Waals surface area contributed by atoms with Crippen molar-refractivity contribution in [1.29, 1.82) is 0 Å². The van der Waals surface area contributed by atoms with Crippen LogP contribution in [-0.2, 0) is 19.5 Å². The van der Waals surface area contributed by atoms with Crippen molar-refractivity contribution in [2.45, 2.75) is 78.1 Å². The van der Waals surface area contributed by atoms with Gasteiger partial charge >= 0.3 is 19.5 Å². The van der Waals surface area contributed by atoms with Crippen molar-refractivity contribution < 1.29 is 19.5 Å². The predicted molar refractivity (Wildman–Crippen MR) is 68.2 cm³/mol. The molecule has 0 aromatic heterocycles. The maximum Gasteiger partial charge on any atom is 2.00 e. The van der Waals surface area contributed by atoms with Gasteiger partial charge in [-0.2, -0.15) is 12.8 Å². The fourth-order valence-electron chi connectivity index (χ4n) is 1.21. The summed E-state index contributed by atoms with van der Waals surface area (Å²) in [5, 5.41) is 0. The molecule has 15 heavy (non-hydrogen) atoms. The summed E-state index contributed by atoms with van der Waals surface area (Å²) < 4.78 is 0. The molecule has 0 aliphatic rings. The Morgan fingerprint density at radius 1 is 0.600 bits per heavy atom. The summed E-state index contributed by atoms with van der Waals surface area (Å²) in [7, 11) is 0. The Bertz CT molecular complexity index is 53.7. The molecule has 0 fully saturated rings. The van der Waals surface area contributed by atoms with Crippen LogP contribution in [0.3, 0.4) is 0 Å². The van der Waals surface area contributed by atoms with Crippen molar-refractivity contribution >= 4 is 0 Å². The molecule has 0 aromatic rings. The second kappa shape index (κ2) is 24.0. The minimum atomic E-state index is 0. The molecule has 0 N–H and O–H groups in total. The maximum atomic E-state index is 3.76. The van der Waals surface area contributed by atoms with E-state index in [0.717, 1.165) is 12.8 Å². The summed E-state index contributed by atoms with van der Waals surface area (Å²) in [5.41, 5.74) is 0. The number of rotatable bonds is 8. The van der Waals surface area contributed by atoms with E-state index in [1.54, 1.807) is 0 Å². The van der Waals surface area contributed by atoms with Crippen molar-refractivity contribution in [2.24, 2.45) is 0 Å². The molecule has 0 unspecified atom stereocenters. The average molecular weight is 264 g/mol. The van der Waals surface area contributed by atoms with Gasteiger partial charge in [-0.3, -0.25) is 0 Å². The van der Waals surface area contributed by atoms with Crippen molar-refractivity contribution in [2.75, 3.05) is 0 Å². The molecule has 0 saturated carbocycles. The SMILES string of the molecule is [CH2-]CCCCCC.[CH2-]CCCCCC.[Zn+2]. The van der Waals surface area contributed by atoms with Gasteiger partial charge in [-0.25, -0.2) is 0 Å². The first-order chi connectivity index (χ1) is 6.83. The molecule has 0 amide bonds. The summed E-state index contributed by atoms with van der Waals surface area (Å²) in [5.74, 6) is 0. The molecule has 88 valence electrons. The van der Waals surface area contributed by atoms with Crippen molar-refractivity contribution in [3.05, 3.63) is 13.8 Å². The first-order valence-corrected chi connectivity index (χ1v) is 6.41. The van der Waals surface area contributed by atoms with Crippen molar-refractivity contribution in [3.63, 3.8) is 0 Å². The van der Waals surface area contributed by atoms with Crippen LogP contribution in [0.2, 0.25) is 0 Å². The minimum Gasteiger partial charge on any atom is -0.343 e. The minimum absolute atomic E-state index is 0. The van der Waals surface area contributed by atoms with Crippen LogP contribution in [0, 0.1) is 13.8 Å². The van der Waals surface area contributed by atoms with Crippen LogP contribution >= 0.6 is 0 Å². The Kier molecular flexibility index (Phi) is 33.6. The molecule has 0 nitrogen and oxygen atoms in total. The Labute approximate surface area is 111 Å². The van der Waals surface area contributed by atoms with E-state index < -0.39 is 0 Å². The van der Waals surface area contributed by atoms with Crippen molar-refractivity contribution in [3.8, 4) is 0 Å². The molecular weight excluding hydrogens is 234 g/mol. The van der Waals surface area contributed by atoms with E-state index in [0.29, 0.717) is 0 Å². The van der Waals surface area contributed by atoms with Crippen LogP contribution in [-0.4, -0.2) is 0 Å². The summed E-state index contributed by atoms with van der Waals surface area (Å²) in [6.45, 7) is 12.0. The summed E-state index contributed by atoms with van der Waals surface area (Å²) in [6.07, 6.45) is 13.0. The third-order valence-electron chi connectivity index (χ3n) is 2.21. The van der Waals surface area contributed by atoms with E-state index >= 15 is 0 Å². The van der Waals surface area contributed by atoms with Gasteiger partial charge in [-0.1, -0.05) is 65.2 Å². The van der Waals surface area contributed by atoms with Gasteiger partial charge < -0.3 is 13.8 Å². The molecule has 0 atom stereocenters. The number of hydrogen-bond donors (Lipinski definition) is 0. The van der Waals surface area contributed by atoms with Gasteiger partial charge in [0, 0.05) is 0 Å². The number of unbranched alkanes of at least 4 members (excludes halogenated alkanes) is 8. The zero-order chi connectivity index (χ0) is 11.1. The second-order valence-corrected chi connectivity index (χ2v) is 3.83. The van der Waals surface area contributed by atoms with Gasteiger partial charge in [-0.05, 0) is 0 Å². The van der Waals surface area contributed by atoms with Crippen LogP contribution in [0.15, 0.2) is 0 Å².